The fourth-order valence-electron chi connectivity index (χ4n) is 1.93. The summed E-state index contributed by atoms with van der Waals surface area (Å²) in [5.41, 5.74) is 3.23. The first kappa shape index (κ1) is 12.8. The fraction of sp³-hybridized carbons (Fsp3) is 0.267. The smallest absolute Gasteiger partial charge is 0.265 e. The third kappa shape index (κ3) is 2.62. The SMILES string of the molecule is Cc1cccc(C(C)C)c1NC(=O)c1cccs1. The van der Waals surface area contributed by atoms with Gasteiger partial charge >= 0.3 is 0 Å². The van der Waals surface area contributed by atoms with Gasteiger partial charge in [0.05, 0.1) is 4.88 Å². The molecule has 1 N–H and O–H groups in total. The van der Waals surface area contributed by atoms with Gasteiger partial charge in [0.1, 0.15) is 0 Å². The highest BCUT2D eigenvalue weighted by molar-refractivity contribution is 7.12. The molecule has 0 radical (unpaired) electrons. The molecule has 0 aliphatic heterocycles. The molecule has 0 unspecified atom stereocenters. The van der Waals surface area contributed by atoms with Crippen molar-refractivity contribution < 1.29 is 4.79 Å². The average molecular weight is 259 g/mol. The van der Waals surface area contributed by atoms with Crippen molar-refractivity contribution in [3.8, 4) is 0 Å². The number of anilines is 1. The Kier molecular flexibility index (Phi) is 3.82. The number of hydrogen-bond donors (Lipinski definition) is 1. The number of carbonyl (C=O) groups excluding carboxylic acids is 1. The van der Waals surface area contributed by atoms with Crippen LogP contribution in [0.25, 0.3) is 0 Å². The second kappa shape index (κ2) is 5.36. The maximum absolute atomic E-state index is 12.1. The molecule has 2 nitrogen and oxygen atoms in total. The second-order valence-corrected chi connectivity index (χ2v) is 5.57. The molecule has 3 heteroatoms. The Morgan fingerprint density at radius 1 is 1.22 bits per heavy atom. The summed E-state index contributed by atoms with van der Waals surface area (Å²) in [5.74, 6) is 0.365. The van der Waals surface area contributed by atoms with Crippen LogP contribution in [0.3, 0.4) is 0 Å². The number of benzene rings is 1. The van der Waals surface area contributed by atoms with E-state index in [-0.39, 0.29) is 5.91 Å². The van der Waals surface area contributed by atoms with Crippen molar-refractivity contribution in [1.29, 1.82) is 0 Å². The molecule has 1 amide bonds. The van der Waals surface area contributed by atoms with Gasteiger partial charge in [-0.05, 0) is 35.4 Å². The van der Waals surface area contributed by atoms with Gasteiger partial charge in [0.2, 0.25) is 0 Å². The minimum absolute atomic E-state index is 0.0267. The molecule has 94 valence electrons. The highest BCUT2D eigenvalue weighted by atomic mass is 32.1. The molecule has 1 heterocycles. The van der Waals surface area contributed by atoms with E-state index in [0.29, 0.717) is 5.92 Å². The predicted octanol–water partition coefficient (Wildman–Crippen LogP) is 4.43. The van der Waals surface area contributed by atoms with Gasteiger partial charge in [-0.15, -0.1) is 11.3 Å². The van der Waals surface area contributed by atoms with Crippen LogP contribution in [0, 0.1) is 6.92 Å². The van der Waals surface area contributed by atoms with Crippen molar-refractivity contribution >= 4 is 22.9 Å². The predicted molar refractivity (Wildman–Crippen MR) is 77.5 cm³/mol. The molecule has 2 aromatic rings. The molecule has 0 spiro atoms. The Bertz CT molecular complexity index is 544. The lowest BCUT2D eigenvalue weighted by molar-refractivity contribution is 0.103. The molecule has 0 aliphatic rings. The quantitative estimate of drug-likeness (QED) is 0.868. The number of aryl methyl sites for hydroxylation is 1. The van der Waals surface area contributed by atoms with Crippen LogP contribution in [0.15, 0.2) is 35.7 Å². The molecule has 0 saturated carbocycles. The second-order valence-electron chi connectivity index (χ2n) is 4.63. The molecule has 2 rings (SSSR count). The molecule has 0 saturated heterocycles. The third-order valence-electron chi connectivity index (χ3n) is 2.91. The maximum atomic E-state index is 12.1. The summed E-state index contributed by atoms with van der Waals surface area (Å²) in [6.45, 7) is 6.29. The van der Waals surface area contributed by atoms with Crippen molar-refractivity contribution in [1.82, 2.24) is 0 Å². The zero-order valence-corrected chi connectivity index (χ0v) is 11.7. The van der Waals surface area contributed by atoms with Crippen LogP contribution in [0.1, 0.15) is 40.6 Å². The van der Waals surface area contributed by atoms with Crippen LogP contribution >= 0.6 is 11.3 Å². The van der Waals surface area contributed by atoms with Gasteiger partial charge in [-0.3, -0.25) is 4.79 Å². The van der Waals surface area contributed by atoms with Gasteiger partial charge in [-0.25, -0.2) is 0 Å². The monoisotopic (exact) mass is 259 g/mol. The van der Waals surface area contributed by atoms with Crippen LogP contribution in [0.5, 0.6) is 0 Å². The van der Waals surface area contributed by atoms with E-state index in [1.54, 1.807) is 0 Å². The minimum atomic E-state index is -0.0267. The van der Waals surface area contributed by atoms with Crippen LogP contribution in [0.4, 0.5) is 5.69 Å². The van der Waals surface area contributed by atoms with Gasteiger partial charge < -0.3 is 5.32 Å². The first-order valence-corrected chi connectivity index (χ1v) is 6.92. The van der Waals surface area contributed by atoms with E-state index in [1.165, 1.54) is 16.9 Å². The van der Waals surface area contributed by atoms with Gasteiger partial charge in [-0.2, -0.15) is 0 Å². The molecule has 0 aliphatic carbocycles. The first-order chi connectivity index (χ1) is 8.59. The van der Waals surface area contributed by atoms with E-state index in [0.717, 1.165) is 16.1 Å². The Hall–Kier alpha value is -1.61. The first-order valence-electron chi connectivity index (χ1n) is 6.04. The summed E-state index contributed by atoms with van der Waals surface area (Å²) in [5, 5.41) is 4.95. The Morgan fingerprint density at radius 3 is 2.61 bits per heavy atom. The summed E-state index contributed by atoms with van der Waals surface area (Å²) in [6, 6.07) is 9.86. The zero-order chi connectivity index (χ0) is 13.1. The molecular weight excluding hydrogens is 242 g/mol. The number of amides is 1. The van der Waals surface area contributed by atoms with Crippen molar-refractivity contribution in [3.63, 3.8) is 0 Å². The lowest BCUT2D eigenvalue weighted by Gasteiger charge is -2.16. The molecule has 1 aromatic carbocycles. The normalized spacial score (nSPS) is 10.7. The number of hydrogen-bond acceptors (Lipinski definition) is 2. The van der Waals surface area contributed by atoms with Gasteiger partial charge in [0.25, 0.3) is 5.91 Å². The molecule has 0 atom stereocenters. The van der Waals surface area contributed by atoms with Crippen LogP contribution < -0.4 is 5.32 Å². The number of rotatable bonds is 3. The summed E-state index contributed by atoms with van der Waals surface area (Å²) in [4.78, 5) is 12.8. The van der Waals surface area contributed by atoms with Gasteiger partial charge in [0.15, 0.2) is 0 Å². The van der Waals surface area contributed by atoms with Crippen molar-refractivity contribution in [3.05, 3.63) is 51.7 Å². The van der Waals surface area contributed by atoms with Crippen LogP contribution in [-0.2, 0) is 0 Å². The molecule has 18 heavy (non-hydrogen) atoms. The minimum Gasteiger partial charge on any atom is -0.321 e. The molecule has 0 fully saturated rings. The highest BCUT2D eigenvalue weighted by Crippen LogP contribution is 2.28. The van der Waals surface area contributed by atoms with E-state index >= 15 is 0 Å². The van der Waals surface area contributed by atoms with E-state index < -0.39 is 0 Å². The number of carbonyl (C=O) groups is 1. The zero-order valence-electron chi connectivity index (χ0n) is 10.9. The van der Waals surface area contributed by atoms with E-state index in [4.69, 9.17) is 0 Å². The molecular formula is C15H17NOS. The van der Waals surface area contributed by atoms with Crippen molar-refractivity contribution in [2.75, 3.05) is 5.32 Å². The van der Waals surface area contributed by atoms with Crippen LogP contribution in [0.2, 0.25) is 0 Å². The maximum Gasteiger partial charge on any atom is 0.265 e. The summed E-state index contributed by atoms with van der Waals surface area (Å²) in [6.07, 6.45) is 0. The topological polar surface area (TPSA) is 29.1 Å². The number of para-hydroxylation sites is 1. The number of thiophene rings is 1. The largest absolute Gasteiger partial charge is 0.321 e. The third-order valence-corrected chi connectivity index (χ3v) is 3.78. The Balaban J connectivity index is 2.31. The van der Waals surface area contributed by atoms with Crippen LogP contribution in [-0.4, -0.2) is 5.91 Å². The summed E-state index contributed by atoms with van der Waals surface area (Å²) < 4.78 is 0. The Labute approximate surface area is 112 Å². The number of nitrogens with one attached hydrogen (secondary N) is 1. The highest BCUT2D eigenvalue weighted by Gasteiger charge is 2.13. The molecule has 0 bridgehead atoms. The van der Waals surface area contributed by atoms with Crippen molar-refractivity contribution in [2.45, 2.75) is 26.7 Å². The van der Waals surface area contributed by atoms with E-state index in [9.17, 15) is 4.79 Å². The molecule has 1 aromatic heterocycles. The lowest BCUT2D eigenvalue weighted by Crippen LogP contribution is -2.13. The average Bonchev–Trinajstić information content (AvgIpc) is 2.85. The summed E-state index contributed by atoms with van der Waals surface area (Å²) in [7, 11) is 0. The van der Waals surface area contributed by atoms with Crippen molar-refractivity contribution in [2.24, 2.45) is 0 Å². The fourth-order valence-corrected chi connectivity index (χ4v) is 2.54. The standard InChI is InChI=1S/C15H17NOS/c1-10(2)12-7-4-6-11(3)14(12)16-15(17)13-8-5-9-18-13/h4-10H,1-3H3,(H,16,17). The Morgan fingerprint density at radius 2 is 2.00 bits per heavy atom. The summed E-state index contributed by atoms with van der Waals surface area (Å²) >= 11 is 1.46. The van der Waals surface area contributed by atoms with Gasteiger partial charge in [0, 0.05) is 5.69 Å². The lowest BCUT2D eigenvalue weighted by atomic mass is 9.98. The van der Waals surface area contributed by atoms with E-state index in [2.05, 4.69) is 25.2 Å². The van der Waals surface area contributed by atoms with E-state index in [1.807, 2.05) is 36.6 Å². The van der Waals surface area contributed by atoms with Gasteiger partial charge in [-0.1, -0.05) is 38.1 Å².